The average molecular weight is 276 g/mol. The number of amides is 1. The molecule has 106 valence electrons. The second-order valence-corrected chi connectivity index (χ2v) is 4.83. The van der Waals surface area contributed by atoms with Crippen molar-refractivity contribution in [3.63, 3.8) is 0 Å². The van der Waals surface area contributed by atoms with Crippen molar-refractivity contribution in [2.24, 2.45) is 0 Å². The maximum absolute atomic E-state index is 11.9. The largest absolute Gasteiger partial charge is 0.444 e. The van der Waals surface area contributed by atoms with Crippen LogP contribution in [0.15, 0.2) is 10.6 Å². The molecule has 0 bridgehead atoms. The summed E-state index contributed by atoms with van der Waals surface area (Å²) in [5, 5.41) is 13.7. The van der Waals surface area contributed by atoms with Crippen LogP contribution in [0.2, 0.25) is 0 Å². The van der Waals surface area contributed by atoms with Crippen molar-refractivity contribution < 1.29 is 9.21 Å². The maximum atomic E-state index is 11.9. The molecule has 2 aromatic heterocycles. The van der Waals surface area contributed by atoms with E-state index in [1.165, 1.54) is 0 Å². The number of rotatable bonds is 4. The van der Waals surface area contributed by atoms with Crippen molar-refractivity contribution in [2.45, 2.75) is 26.4 Å². The number of hydrogen-bond acceptors (Lipinski definition) is 6. The van der Waals surface area contributed by atoms with E-state index in [1.54, 1.807) is 10.9 Å². The Balaban J connectivity index is 1.59. The molecule has 0 atom stereocenters. The Morgan fingerprint density at radius 2 is 2.35 bits per heavy atom. The predicted molar refractivity (Wildman–Crippen MR) is 69.1 cm³/mol. The zero-order valence-electron chi connectivity index (χ0n) is 11.4. The molecular formula is C12H16N6O2. The summed E-state index contributed by atoms with van der Waals surface area (Å²) in [6.45, 7) is 5.66. The van der Waals surface area contributed by atoms with Gasteiger partial charge in [-0.3, -0.25) is 4.79 Å². The van der Waals surface area contributed by atoms with Crippen LogP contribution in [0.1, 0.15) is 33.9 Å². The van der Waals surface area contributed by atoms with Gasteiger partial charge in [0, 0.05) is 13.1 Å². The van der Waals surface area contributed by atoms with Crippen molar-refractivity contribution >= 4 is 5.91 Å². The Morgan fingerprint density at radius 1 is 1.55 bits per heavy atom. The summed E-state index contributed by atoms with van der Waals surface area (Å²) in [6.07, 6.45) is 1.66. The first-order valence-electron chi connectivity index (χ1n) is 6.47. The number of aromatic nitrogens is 4. The highest BCUT2D eigenvalue weighted by molar-refractivity contribution is 5.91. The van der Waals surface area contributed by atoms with Crippen LogP contribution in [-0.2, 0) is 6.54 Å². The molecule has 1 aliphatic rings. The van der Waals surface area contributed by atoms with E-state index in [9.17, 15) is 4.79 Å². The number of carbonyl (C=O) groups is 1. The first kappa shape index (κ1) is 12.8. The van der Waals surface area contributed by atoms with Crippen LogP contribution in [-0.4, -0.2) is 39.0 Å². The van der Waals surface area contributed by atoms with Crippen molar-refractivity contribution in [2.75, 3.05) is 13.1 Å². The van der Waals surface area contributed by atoms with Crippen LogP contribution < -0.4 is 10.6 Å². The molecule has 20 heavy (non-hydrogen) atoms. The Hall–Kier alpha value is -2.22. The first-order chi connectivity index (χ1) is 9.63. The SMILES string of the molecule is Cc1nc(CNC(=O)c2cn(C3CNC3)nn2)oc1C. The highest BCUT2D eigenvalue weighted by Crippen LogP contribution is 2.10. The molecule has 1 saturated heterocycles. The first-order valence-corrected chi connectivity index (χ1v) is 6.47. The number of carbonyl (C=O) groups excluding carboxylic acids is 1. The molecule has 1 fully saturated rings. The van der Waals surface area contributed by atoms with Crippen LogP contribution >= 0.6 is 0 Å². The summed E-state index contributed by atoms with van der Waals surface area (Å²) in [6, 6.07) is 0.293. The summed E-state index contributed by atoms with van der Waals surface area (Å²) in [4.78, 5) is 16.1. The van der Waals surface area contributed by atoms with Gasteiger partial charge in [-0.25, -0.2) is 9.67 Å². The average Bonchev–Trinajstić information content (AvgIpc) is 2.93. The molecule has 3 heterocycles. The van der Waals surface area contributed by atoms with Gasteiger partial charge in [-0.15, -0.1) is 5.10 Å². The van der Waals surface area contributed by atoms with Gasteiger partial charge in [-0.05, 0) is 13.8 Å². The van der Waals surface area contributed by atoms with E-state index in [4.69, 9.17) is 4.42 Å². The number of nitrogens with one attached hydrogen (secondary N) is 2. The molecular weight excluding hydrogens is 260 g/mol. The lowest BCUT2D eigenvalue weighted by molar-refractivity contribution is 0.0942. The fraction of sp³-hybridized carbons (Fsp3) is 0.500. The Bertz CT molecular complexity index is 608. The van der Waals surface area contributed by atoms with E-state index in [0.717, 1.165) is 24.5 Å². The van der Waals surface area contributed by atoms with Crippen molar-refractivity contribution in [1.29, 1.82) is 0 Å². The Kier molecular flexibility index (Phi) is 3.23. The summed E-state index contributed by atoms with van der Waals surface area (Å²) in [7, 11) is 0. The molecule has 0 unspecified atom stereocenters. The van der Waals surface area contributed by atoms with Crippen LogP contribution in [0.25, 0.3) is 0 Å². The van der Waals surface area contributed by atoms with Gasteiger partial charge in [0.25, 0.3) is 5.91 Å². The minimum Gasteiger partial charge on any atom is -0.444 e. The molecule has 2 N–H and O–H groups in total. The number of aryl methyl sites for hydroxylation is 2. The Morgan fingerprint density at radius 3 is 2.95 bits per heavy atom. The smallest absolute Gasteiger partial charge is 0.273 e. The van der Waals surface area contributed by atoms with Crippen LogP contribution in [0.4, 0.5) is 0 Å². The predicted octanol–water partition coefficient (Wildman–Crippen LogP) is -0.0428. The summed E-state index contributed by atoms with van der Waals surface area (Å²) in [5.41, 5.74) is 1.13. The minimum absolute atomic E-state index is 0.241. The zero-order valence-corrected chi connectivity index (χ0v) is 11.4. The standard InChI is InChI=1S/C12H16N6O2/c1-7-8(2)20-11(15-7)5-14-12(19)10-6-18(17-16-10)9-3-13-4-9/h6,9,13H,3-5H2,1-2H3,(H,14,19). The topological polar surface area (TPSA) is 97.9 Å². The van der Waals surface area contributed by atoms with E-state index >= 15 is 0 Å². The quantitative estimate of drug-likeness (QED) is 0.813. The number of nitrogens with zero attached hydrogens (tertiary/aromatic N) is 4. The normalized spacial score (nSPS) is 15.1. The van der Waals surface area contributed by atoms with Gasteiger partial charge in [-0.1, -0.05) is 5.21 Å². The Labute approximate surface area is 115 Å². The van der Waals surface area contributed by atoms with Gasteiger partial charge in [0.2, 0.25) is 5.89 Å². The molecule has 0 aliphatic carbocycles. The third kappa shape index (κ3) is 2.42. The summed E-state index contributed by atoms with van der Waals surface area (Å²) >= 11 is 0. The second-order valence-electron chi connectivity index (χ2n) is 4.83. The fourth-order valence-electron chi connectivity index (χ4n) is 1.88. The van der Waals surface area contributed by atoms with Gasteiger partial charge in [-0.2, -0.15) is 0 Å². The molecule has 1 amide bonds. The molecule has 0 aromatic carbocycles. The van der Waals surface area contributed by atoms with Crippen molar-refractivity contribution in [1.82, 2.24) is 30.6 Å². The van der Waals surface area contributed by atoms with Crippen LogP contribution in [0.3, 0.4) is 0 Å². The maximum Gasteiger partial charge on any atom is 0.273 e. The lowest BCUT2D eigenvalue weighted by Gasteiger charge is -2.26. The highest BCUT2D eigenvalue weighted by atomic mass is 16.4. The van der Waals surface area contributed by atoms with E-state index in [1.807, 2.05) is 13.8 Å². The number of oxazole rings is 1. The van der Waals surface area contributed by atoms with Gasteiger partial charge < -0.3 is 15.1 Å². The van der Waals surface area contributed by atoms with Crippen LogP contribution in [0.5, 0.6) is 0 Å². The van der Waals surface area contributed by atoms with Gasteiger partial charge in [0.1, 0.15) is 5.76 Å². The van der Waals surface area contributed by atoms with Crippen molar-refractivity contribution in [3.05, 3.63) is 29.2 Å². The van der Waals surface area contributed by atoms with E-state index in [2.05, 4.69) is 25.9 Å². The zero-order chi connectivity index (χ0) is 14.1. The monoisotopic (exact) mass is 276 g/mol. The van der Waals surface area contributed by atoms with Crippen molar-refractivity contribution in [3.8, 4) is 0 Å². The summed E-state index contributed by atoms with van der Waals surface area (Å²) < 4.78 is 7.11. The lowest BCUT2D eigenvalue weighted by Crippen LogP contribution is -2.43. The highest BCUT2D eigenvalue weighted by Gasteiger charge is 2.21. The van der Waals surface area contributed by atoms with Crippen LogP contribution in [0, 0.1) is 13.8 Å². The third-order valence-corrected chi connectivity index (χ3v) is 3.35. The fourth-order valence-corrected chi connectivity index (χ4v) is 1.88. The van der Waals surface area contributed by atoms with Gasteiger partial charge in [0.05, 0.1) is 24.5 Å². The van der Waals surface area contributed by atoms with E-state index in [-0.39, 0.29) is 12.5 Å². The molecule has 3 rings (SSSR count). The third-order valence-electron chi connectivity index (χ3n) is 3.35. The molecule has 8 nitrogen and oxygen atoms in total. The molecule has 2 aromatic rings. The molecule has 8 heteroatoms. The van der Waals surface area contributed by atoms with E-state index in [0.29, 0.717) is 17.6 Å². The van der Waals surface area contributed by atoms with Gasteiger partial charge >= 0.3 is 0 Å². The second kappa shape index (κ2) is 5.04. The molecule has 0 radical (unpaired) electrons. The number of hydrogen-bond donors (Lipinski definition) is 2. The minimum atomic E-state index is -0.281. The van der Waals surface area contributed by atoms with E-state index < -0.39 is 0 Å². The molecule has 0 spiro atoms. The lowest BCUT2D eigenvalue weighted by atomic mass is 10.2. The molecule has 0 saturated carbocycles. The summed E-state index contributed by atoms with van der Waals surface area (Å²) in [5.74, 6) is 0.971. The molecule has 1 aliphatic heterocycles. The van der Waals surface area contributed by atoms with Gasteiger partial charge in [0.15, 0.2) is 5.69 Å².